The number of nitrogens with one attached hydrogen (secondary N) is 4. The zero-order valence-electron chi connectivity index (χ0n) is 43.6. The summed E-state index contributed by atoms with van der Waals surface area (Å²) >= 11 is 0. The summed E-state index contributed by atoms with van der Waals surface area (Å²) in [6.07, 6.45) is 5.20. The Balaban J connectivity index is 0.797. The molecule has 4 aromatic carbocycles. The van der Waals surface area contributed by atoms with E-state index in [1.165, 1.54) is 20.3 Å². The minimum absolute atomic E-state index is 0.0802. The molecule has 1 aliphatic carbocycles. The van der Waals surface area contributed by atoms with Crippen LogP contribution in [-0.4, -0.2) is 129 Å². The fourth-order valence-electron chi connectivity index (χ4n) is 11.0. The first-order valence-electron chi connectivity index (χ1n) is 26.2. The molecule has 19 heteroatoms. The van der Waals surface area contributed by atoms with E-state index in [1.54, 1.807) is 59.4 Å². The number of nitrogens with zero attached hydrogens (tertiary/aromatic N) is 3. The van der Waals surface area contributed by atoms with Crippen molar-refractivity contribution in [1.82, 2.24) is 20.4 Å². The molecule has 0 radical (unpaired) electrons. The van der Waals surface area contributed by atoms with Crippen LogP contribution in [0.1, 0.15) is 97.1 Å². The third kappa shape index (κ3) is 10.8. The molecule has 5 heterocycles. The number of rotatable bonds is 18. The second kappa shape index (κ2) is 22.0. The highest BCUT2D eigenvalue weighted by molar-refractivity contribution is 6.06. The van der Waals surface area contributed by atoms with Crippen LogP contribution in [-0.2, 0) is 20.9 Å². The summed E-state index contributed by atoms with van der Waals surface area (Å²) in [4.78, 5) is 73.6. The van der Waals surface area contributed by atoms with Gasteiger partial charge in [0.1, 0.15) is 18.4 Å². The maximum absolute atomic E-state index is 14.4. The lowest BCUT2D eigenvalue weighted by Gasteiger charge is -2.31. The smallest absolute Gasteiger partial charge is 0.416 e. The van der Waals surface area contributed by atoms with Gasteiger partial charge < -0.3 is 64.6 Å². The monoisotopic (exact) mass is 1040 g/mol. The van der Waals surface area contributed by atoms with E-state index in [1.807, 2.05) is 44.3 Å². The van der Waals surface area contributed by atoms with Gasteiger partial charge in [-0.2, -0.15) is 0 Å². The van der Waals surface area contributed by atoms with Crippen molar-refractivity contribution in [2.45, 2.75) is 102 Å². The minimum Gasteiger partial charge on any atom is -0.497 e. The number of carbonyl (C=O) groups excluding carboxylic acids is 5. The second-order valence-electron chi connectivity index (χ2n) is 21.0. The highest BCUT2D eigenvalue weighted by Gasteiger charge is 2.58. The fourth-order valence-corrected chi connectivity index (χ4v) is 11.0. The molecule has 0 aromatic heterocycles. The van der Waals surface area contributed by atoms with E-state index < -0.39 is 24.4 Å². The first kappa shape index (κ1) is 52.0. The maximum atomic E-state index is 14.4. The van der Waals surface area contributed by atoms with Gasteiger partial charge in [-0.1, -0.05) is 38.1 Å². The molecule has 3 fully saturated rings. The van der Waals surface area contributed by atoms with Crippen molar-refractivity contribution in [1.29, 1.82) is 0 Å². The van der Waals surface area contributed by atoms with Crippen molar-refractivity contribution >= 4 is 52.4 Å². The number of benzene rings is 4. The lowest BCUT2D eigenvalue weighted by Crippen LogP contribution is -2.50. The highest BCUT2D eigenvalue weighted by atomic mass is 16.6. The Morgan fingerprint density at radius 3 is 2.22 bits per heavy atom. The predicted molar refractivity (Wildman–Crippen MR) is 283 cm³/mol. The molecule has 5 aliphatic heterocycles. The molecular weight excluding hydrogens is 975 g/mol. The number of hydrogen-bond acceptors (Lipinski definition) is 14. The number of amides is 5. The molecule has 4 aromatic rings. The van der Waals surface area contributed by atoms with Crippen LogP contribution in [0.2, 0.25) is 0 Å². The highest BCUT2D eigenvalue weighted by Crippen LogP contribution is 2.57. The number of methoxy groups -OCH3 is 3. The Morgan fingerprint density at radius 2 is 1.57 bits per heavy atom. The summed E-state index contributed by atoms with van der Waals surface area (Å²) in [7, 11) is 4.62. The van der Waals surface area contributed by atoms with E-state index in [4.69, 9.17) is 28.4 Å². The van der Waals surface area contributed by atoms with Crippen LogP contribution in [0.5, 0.6) is 28.7 Å². The average Bonchev–Trinajstić information content (AvgIpc) is 3.73. The van der Waals surface area contributed by atoms with Gasteiger partial charge in [-0.15, -0.1) is 0 Å². The summed E-state index contributed by atoms with van der Waals surface area (Å²) < 4.78 is 35.2. The molecule has 5 amide bonds. The summed E-state index contributed by atoms with van der Waals surface area (Å²) in [6.45, 7) is 5.92. The molecule has 6 aliphatic rings. The number of hydrogen-bond donors (Lipinski definition) is 5. The van der Waals surface area contributed by atoms with Gasteiger partial charge >= 0.3 is 6.09 Å². The zero-order chi connectivity index (χ0) is 53.3. The van der Waals surface area contributed by atoms with Crippen molar-refractivity contribution < 1.29 is 57.5 Å². The Kier molecular flexibility index (Phi) is 15.0. The molecule has 76 heavy (non-hydrogen) atoms. The lowest BCUT2D eigenvalue weighted by molar-refractivity contribution is -0.128. The van der Waals surface area contributed by atoms with E-state index in [0.717, 1.165) is 54.0 Å². The van der Waals surface area contributed by atoms with Crippen molar-refractivity contribution in [3.05, 3.63) is 101 Å². The van der Waals surface area contributed by atoms with Gasteiger partial charge in [0.25, 0.3) is 11.8 Å². The van der Waals surface area contributed by atoms with Crippen LogP contribution in [0.25, 0.3) is 5.57 Å². The normalized spacial score (nSPS) is 21.2. The van der Waals surface area contributed by atoms with Gasteiger partial charge in [0, 0.05) is 43.5 Å². The minimum atomic E-state index is -1.43. The Labute approximate surface area is 442 Å². The van der Waals surface area contributed by atoms with Crippen molar-refractivity contribution in [2.75, 3.05) is 69.7 Å². The molecule has 2 saturated heterocycles. The van der Waals surface area contributed by atoms with E-state index in [9.17, 15) is 29.1 Å². The first-order valence-corrected chi connectivity index (χ1v) is 26.2. The lowest BCUT2D eigenvalue weighted by atomic mass is 10.0. The number of aliphatic hydroxyl groups is 1. The molecular formula is C57H67N7O12. The summed E-state index contributed by atoms with van der Waals surface area (Å²) in [6, 6.07) is 19.4. The van der Waals surface area contributed by atoms with Crippen molar-refractivity contribution in [3.8, 4) is 28.7 Å². The van der Waals surface area contributed by atoms with Gasteiger partial charge in [0.05, 0.1) is 75.2 Å². The Morgan fingerprint density at radius 1 is 0.855 bits per heavy atom. The number of ether oxygens (including phenoxy) is 6. The standard InChI is InChI=1S/C57H67N7O12/c1-33(2)22-44(61-51(65)42-8-6-19-58-42)52(66)60-37-13-9-34(10-14-37)31-76-56(70)64-45-27-50(48(73-5)25-41(45)54(68)63-32-57(17-18-57)28-46(63)55(64)69)75-21-7-20-74-49-26-43-40(24-47(49)72-4)53(67)62-30-36(23-38(62)29-59-43)35-11-15-39(71-3)16-12-35/h9-16,24-27,30,33,38,42,44,46,55,58-59,69H,6-8,17-23,28-29,31-32H2,1-5H3,(H,60,66)(H,61,65)/t38-,42-,44-,46-,55?/m0/s1. The predicted octanol–water partition coefficient (Wildman–Crippen LogP) is 6.93. The molecule has 5 atom stereocenters. The quantitative estimate of drug-likeness (QED) is 0.0639. The van der Waals surface area contributed by atoms with Crippen LogP contribution in [0.15, 0.2) is 79.0 Å². The Hall–Kier alpha value is -7.51. The molecule has 5 N–H and O–H groups in total. The Bertz CT molecular complexity index is 2880. The van der Waals surface area contributed by atoms with Gasteiger partial charge in [-0.25, -0.2) is 9.69 Å². The van der Waals surface area contributed by atoms with Gasteiger partial charge in [-0.3, -0.25) is 19.2 Å². The number of aliphatic hydroxyl groups excluding tert-OH is 1. The van der Waals surface area contributed by atoms with Gasteiger partial charge in [0.2, 0.25) is 11.8 Å². The van der Waals surface area contributed by atoms with Crippen LogP contribution in [0.3, 0.4) is 0 Å². The summed E-state index contributed by atoms with van der Waals surface area (Å²) in [5, 5.41) is 24.6. The molecule has 10 rings (SSSR count). The van der Waals surface area contributed by atoms with E-state index >= 15 is 0 Å². The molecule has 402 valence electrons. The molecule has 0 bridgehead atoms. The van der Waals surface area contributed by atoms with E-state index in [-0.39, 0.29) is 89.6 Å². The second-order valence-corrected chi connectivity index (χ2v) is 21.0. The van der Waals surface area contributed by atoms with Crippen LogP contribution in [0.4, 0.5) is 21.9 Å². The fraction of sp³-hybridized carbons (Fsp3) is 0.456. The molecule has 19 nitrogen and oxygen atoms in total. The number of fused-ring (bicyclic) bond motifs is 4. The van der Waals surface area contributed by atoms with Crippen molar-refractivity contribution in [2.24, 2.45) is 11.3 Å². The molecule has 1 unspecified atom stereocenters. The molecule has 1 saturated carbocycles. The van der Waals surface area contributed by atoms with E-state index in [2.05, 4.69) is 21.3 Å². The first-order chi connectivity index (χ1) is 36.7. The number of carbonyl (C=O) groups is 5. The SMILES string of the molecule is COc1ccc(C2=CN3C(=O)c4cc(OC)c(OCCCOc5cc6c(cc5OC)C(=O)N5CC7(CC7)C[C@H]5C(O)N6C(=O)OCc5ccc(NC(=O)[C@H](CC(C)C)NC(=O)[C@@H]6CCCN6)cc5)cc4NC[C@@H]3C2)cc1. The average molecular weight is 1040 g/mol. The zero-order valence-corrected chi connectivity index (χ0v) is 43.6. The third-order valence-corrected chi connectivity index (χ3v) is 15.3. The number of anilines is 3. The topological polar surface area (TPSA) is 219 Å². The van der Waals surface area contributed by atoms with E-state index in [0.29, 0.717) is 72.8 Å². The van der Waals surface area contributed by atoms with Gasteiger partial charge in [0.15, 0.2) is 29.2 Å². The molecule has 1 spiro atoms. The summed E-state index contributed by atoms with van der Waals surface area (Å²) in [5.41, 5.74) is 4.49. The summed E-state index contributed by atoms with van der Waals surface area (Å²) in [5.74, 6) is 1.27. The van der Waals surface area contributed by atoms with Crippen LogP contribution < -0.4 is 49.9 Å². The largest absolute Gasteiger partial charge is 0.497 e. The van der Waals surface area contributed by atoms with Crippen LogP contribution in [0, 0.1) is 11.3 Å². The van der Waals surface area contributed by atoms with Gasteiger partial charge in [-0.05, 0) is 116 Å². The van der Waals surface area contributed by atoms with Crippen molar-refractivity contribution in [3.63, 3.8) is 0 Å². The maximum Gasteiger partial charge on any atom is 0.416 e. The third-order valence-electron chi connectivity index (χ3n) is 15.3. The van der Waals surface area contributed by atoms with Crippen LogP contribution >= 0.6 is 0 Å².